The van der Waals surface area contributed by atoms with E-state index in [2.05, 4.69) is 20.3 Å². The third-order valence-corrected chi connectivity index (χ3v) is 10.1. The molecule has 276 valence electrons. The number of benzene rings is 3. The van der Waals surface area contributed by atoms with Crippen molar-refractivity contribution in [1.82, 2.24) is 44.9 Å². The van der Waals surface area contributed by atoms with Crippen LogP contribution in [0.4, 0.5) is 0 Å². The Balaban J connectivity index is 0.992. The molecule has 6 aromatic rings. The van der Waals surface area contributed by atoms with Gasteiger partial charge in [-0.25, -0.2) is 9.97 Å². The SMILES string of the molecule is C[C@H](NC(=O)[C@@H](c1ccccc1)N(C)C)c1ncc(-c2ccc(-c3ccc(-c4cnc([C@@H]5CCCN5C(=O)[C@@H](c5ccccc5)N(C)C)[nH]4)cn3)cc2)[nH]1. The summed E-state index contributed by atoms with van der Waals surface area (Å²) in [4.78, 5) is 54.0. The predicted octanol–water partition coefficient (Wildman–Crippen LogP) is 6.98. The molecule has 0 spiro atoms. The fourth-order valence-electron chi connectivity index (χ4n) is 7.35. The zero-order valence-electron chi connectivity index (χ0n) is 31.4. The van der Waals surface area contributed by atoms with Crippen LogP contribution in [0.3, 0.4) is 0 Å². The van der Waals surface area contributed by atoms with E-state index in [9.17, 15) is 9.59 Å². The van der Waals surface area contributed by atoms with Crippen LogP contribution in [0.5, 0.6) is 0 Å². The Morgan fingerprint density at radius 2 is 1.30 bits per heavy atom. The van der Waals surface area contributed by atoms with Gasteiger partial charge in [0, 0.05) is 23.9 Å². The summed E-state index contributed by atoms with van der Waals surface area (Å²) in [5, 5.41) is 3.12. The highest BCUT2D eigenvalue weighted by Gasteiger charge is 2.37. The minimum atomic E-state index is -0.406. The third kappa shape index (κ3) is 7.73. The third-order valence-electron chi connectivity index (χ3n) is 10.1. The molecule has 0 saturated carbocycles. The summed E-state index contributed by atoms with van der Waals surface area (Å²) in [6.07, 6.45) is 7.27. The molecule has 0 unspecified atom stereocenters. The molecule has 1 aliphatic rings. The van der Waals surface area contributed by atoms with Gasteiger partial charge in [0.1, 0.15) is 23.7 Å². The Bertz CT molecular complexity index is 2160. The first-order valence-corrected chi connectivity index (χ1v) is 18.4. The summed E-state index contributed by atoms with van der Waals surface area (Å²) in [5.41, 5.74) is 7.39. The maximum absolute atomic E-state index is 13.9. The number of aromatic nitrogens is 5. The second-order valence-electron chi connectivity index (χ2n) is 14.3. The van der Waals surface area contributed by atoms with Crippen molar-refractivity contribution in [2.24, 2.45) is 0 Å². The van der Waals surface area contributed by atoms with Crippen LogP contribution in [0.25, 0.3) is 33.8 Å². The fourth-order valence-corrected chi connectivity index (χ4v) is 7.35. The second kappa shape index (κ2) is 16.0. The Morgan fingerprint density at radius 1 is 0.704 bits per heavy atom. The number of nitrogens with one attached hydrogen (secondary N) is 3. The molecule has 11 heteroatoms. The highest BCUT2D eigenvalue weighted by molar-refractivity contribution is 5.84. The number of rotatable bonds is 12. The molecule has 3 aromatic heterocycles. The molecular weight excluding hydrogens is 675 g/mol. The number of H-pyrrole nitrogens is 2. The number of amides is 2. The van der Waals surface area contributed by atoms with Gasteiger partial charge in [-0.3, -0.25) is 24.4 Å². The molecule has 1 fully saturated rings. The van der Waals surface area contributed by atoms with Gasteiger partial charge >= 0.3 is 0 Å². The highest BCUT2D eigenvalue weighted by Crippen LogP contribution is 2.35. The van der Waals surface area contributed by atoms with E-state index in [4.69, 9.17) is 9.97 Å². The Morgan fingerprint density at radius 3 is 1.93 bits per heavy atom. The lowest BCUT2D eigenvalue weighted by atomic mass is 10.0. The molecule has 0 bridgehead atoms. The van der Waals surface area contributed by atoms with Crippen molar-refractivity contribution in [1.29, 1.82) is 0 Å². The lowest BCUT2D eigenvalue weighted by Crippen LogP contribution is -2.40. The normalized spacial score (nSPS) is 16.1. The van der Waals surface area contributed by atoms with Gasteiger partial charge in [0.2, 0.25) is 11.8 Å². The lowest BCUT2D eigenvalue weighted by Gasteiger charge is -2.31. The first-order chi connectivity index (χ1) is 26.2. The van der Waals surface area contributed by atoms with Crippen LogP contribution < -0.4 is 5.32 Å². The van der Waals surface area contributed by atoms with E-state index in [1.54, 1.807) is 6.20 Å². The smallest absolute Gasteiger partial charge is 0.245 e. The quantitative estimate of drug-likeness (QED) is 0.125. The van der Waals surface area contributed by atoms with E-state index >= 15 is 0 Å². The Kier molecular flexibility index (Phi) is 10.8. The van der Waals surface area contributed by atoms with Crippen LogP contribution in [0.2, 0.25) is 0 Å². The largest absolute Gasteiger partial charge is 0.345 e. The van der Waals surface area contributed by atoms with E-state index in [1.807, 2.05) is 159 Å². The molecule has 0 aliphatic carbocycles. The molecule has 1 saturated heterocycles. The van der Waals surface area contributed by atoms with Gasteiger partial charge in [-0.2, -0.15) is 0 Å². The zero-order valence-corrected chi connectivity index (χ0v) is 31.4. The number of nitrogens with zero attached hydrogens (tertiary/aromatic N) is 6. The first kappa shape index (κ1) is 36.4. The number of likely N-dealkylation sites (N-methyl/N-ethyl adjacent to an activating group) is 2. The first-order valence-electron chi connectivity index (χ1n) is 18.4. The van der Waals surface area contributed by atoms with E-state index < -0.39 is 6.04 Å². The summed E-state index contributed by atoms with van der Waals surface area (Å²) >= 11 is 0. The number of carbonyl (C=O) groups excluding carboxylic acids is 2. The van der Waals surface area contributed by atoms with Gasteiger partial charge in [0.05, 0.1) is 41.6 Å². The van der Waals surface area contributed by atoms with Gasteiger partial charge in [-0.15, -0.1) is 0 Å². The minimum Gasteiger partial charge on any atom is -0.345 e. The standard InChI is InChI=1S/C43H47N9O2/c1-28(47-42(53)38(50(2)3)31-13-8-6-9-14-31)40-45-26-35(48-40)30-20-18-29(19-21-30)34-23-22-33(25-44-34)36-27-46-41(49-36)37-17-12-24-52(37)43(54)39(51(4)5)32-15-10-7-11-16-32/h6-11,13-16,18-23,25-28,37-39H,12,17,24H2,1-5H3,(H,45,48)(H,46,49)(H,47,53)/t28-,37-,38+,39+/m0/s1. The van der Waals surface area contributed by atoms with Crippen molar-refractivity contribution in [2.75, 3.05) is 34.7 Å². The fraction of sp³-hybridized carbons (Fsp3) is 0.279. The van der Waals surface area contributed by atoms with E-state index in [1.165, 1.54) is 0 Å². The number of hydrogen-bond acceptors (Lipinski definition) is 7. The Hall–Kier alpha value is -5.91. The van der Waals surface area contributed by atoms with Crippen LogP contribution in [-0.4, -0.2) is 86.2 Å². The molecule has 4 atom stereocenters. The molecule has 2 amide bonds. The number of pyridine rings is 1. The van der Waals surface area contributed by atoms with E-state index in [0.717, 1.165) is 63.6 Å². The maximum atomic E-state index is 13.9. The molecule has 7 rings (SSSR count). The number of imidazole rings is 2. The van der Waals surface area contributed by atoms with Crippen LogP contribution >= 0.6 is 0 Å². The van der Waals surface area contributed by atoms with Crippen molar-refractivity contribution in [3.8, 4) is 33.8 Å². The molecule has 11 nitrogen and oxygen atoms in total. The average molecular weight is 722 g/mol. The maximum Gasteiger partial charge on any atom is 0.245 e. The molecule has 0 radical (unpaired) electrons. The lowest BCUT2D eigenvalue weighted by molar-refractivity contribution is -0.137. The minimum absolute atomic E-state index is 0.0859. The number of aromatic amines is 2. The second-order valence-corrected chi connectivity index (χ2v) is 14.3. The number of hydrogen-bond donors (Lipinski definition) is 3. The van der Waals surface area contributed by atoms with Crippen LogP contribution in [0.15, 0.2) is 116 Å². The predicted molar refractivity (Wildman–Crippen MR) is 211 cm³/mol. The summed E-state index contributed by atoms with van der Waals surface area (Å²) in [6.45, 7) is 2.63. The van der Waals surface area contributed by atoms with Crippen LogP contribution in [0.1, 0.15) is 66.7 Å². The van der Waals surface area contributed by atoms with Crippen molar-refractivity contribution in [3.05, 3.63) is 138 Å². The van der Waals surface area contributed by atoms with Gasteiger partial charge in [-0.05, 0) is 76.8 Å². The molecule has 3 N–H and O–H groups in total. The topological polar surface area (TPSA) is 126 Å². The summed E-state index contributed by atoms with van der Waals surface area (Å²) in [7, 11) is 7.70. The van der Waals surface area contributed by atoms with Crippen molar-refractivity contribution in [2.45, 2.75) is 43.9 Å². The molecule has 3 aromatic carbocycles. The molecule has 4 heterocycles. The number of carbonyl (C=O) groups is 2. The summed E-state index contributed by atoms with van der Waals surface area (Å²) < 4.78 is 0. The molecule has 1 aliphatic heterocycles. The summed E-state index contributed by atoms with van der Waals surface area (Å²) in [6, 6.07) is 30.7. The van der Waals surface area contributed by atoms with Gasteiger partial charge in [0.25, 0.3) is 0 Å². The van der Waals surface area contributed by atoms with E-state index in [-0.39, 0.29) is 29.9 Å². The van der Waals surface area contributed by atoms with Crippen molar-refractivity contribution in [3.63, 3.8) is 0 Å². The zero-order chi connectivity index (χ0) is 37.8. The van der Waals surface area contributed by atoms with E-state index in [0.29, 0.717) is 12.4 Å². The van der Waals surface area contributed by atoms with Crippen LogP contribution in [0, 0.1) is 0 Å². The van der Waals surface area contributed by atoms with Crippen molar-refractivity contribution >= 4 is 11.8 Å². The molecule has 54 heavy (non-hydrogen) atoms. The van der Waals surface area contributed by atoms with Crippen molar-refractivity contribution < 1.29 is 9.59 Å². The monoisotopic (exact) mass is 721 g/mol. The number of likely N-dealkylation sites (tertiary alicyclic amines) is 1. The average Bonchev–Trinajstić information content (AvgIpc) is 3.98. The molecular formula is C43H47N9O2. The summed E-state index contributed by atoms with van der Waals surface area (Å²) in [5.74, 6) is 1.49. The van der Waals surface area contributed by atoms with Gasteiger partial charge < -0.3 is 20.2 Å². The van der Waals surface area contributed by atoms with Gasteiger partial charge in [0.15, 0.2) is 0 Å². The Labute approximate surface area is 316 Å². The van der Waals surface area contributed by atoms with Crippen LogP contribution in [-0.2, 0) is 9.59 Å². The van der Waals surface area contributed by atoms with Gasteiger partial charge in [-0.1, -0.05) is 84.9 Å². The highest BCUT2D eigenvalue weighted by atomic mass is 16.2.